The van der Waals surface area contributed by atoms with Crippen LogP contribution < -0.4 is 4.90 Å². The number of carbonyl (C=O) groups is 2. The first-order chi connectivity index (χ1) is 21.3. The van der Waals surface area contributed by atoms with E-state index in [1.54, 1.807) is 35.2 Å². The predicted molar refractivity (Wildman–Crippen MR) is 169 cm³/mol. The molecule has 1 unspecified atom stereocenters. The van der Waals surface area contributed by atoms with Gasteiger partial charge in [0.25, 0.3) is 11.6 Å². The number of phenolic OH excluding ortho intramolecular Hbond substituents is 1. The van der Waals surface area contributed by atoms with Crippen molar-refractivity contribution in [1.29, 1.82) is 0 Å². The van der Waals surface area contributed by atoms with Gasteiger partial charge in [0, 0.05) is 28.6 Å². The van der Waals surface area contributed by atoms with E-state index in [0.29, 0.717) is 27.5 Å². The van der Waals surface area contributed by atoms with Crippen LogP contribution in [0.2, 0.25) is 5.02 Å². The first-order valence-electron chi connectivity index (χ1n) is 13.8. The molecule has 6 rings (SSSR count). The van der Waals surface area contributed by atoms with Crippen molar-refractivity contribution in [1.82, 2.24) is 0 Å². The lowest BCUT2D eigenvalue weighted by molar-refractivity contribution is -0.414. The highest BCUT2D eigenvalue weighted by atomic mass is 35.5. The molecule has 4 aromatic rings. The monoisotopic (exact) mass is 604 g/mol. The molecule has 2 aliphatic heterocycles. The molecule has 2 heterocycles. The molecule has 0 aliphatic carbocycles. The minimum Gasteiger partial charge on any atom is -0.508 e. The maximum atomic E-state index is 14.3. The van der Waals surface area contributed by atoms with E-state index in [1.807, 2.05) is 54.6 Å². The van der Waals surface area contributed by atoms with Crippen LogP contribution in [0.4, 0.5) is 5.69 Å². The average molecular weight is 605 g/mol. The zero-order valence-corrected chi connectivity index (χ0v) is 24.0. The van der Waals surface area contributed by atoms with E-state index in [1.165, 1.54) is 18.2 Å². The number of halogens is 1. The molecule has 2 aliphatic rings. The standard InChI is InChI=1S/C34H25ClN4O5/c35-25-12-15-29-27(18-25)32(24-10-13-26(40)14-11-24)37-28(19-31(41)33-30(39(43)44)16-17-36-33)34(42)38(29)20-21-6-8-23(9-7-21)22-4-2-1-3-5-22/h1-16,18,28,40H,17,19-20H2. The molecule has 0 fully saturated rings. The zero-order valence-electron chi connectivity index (χ0n) is 23.3. The Morgan fingerprint density at radius 1 is 0.955 bits per heavy atom. The number of Topliss-reactive ketones (excluding diaryl/α,β-unsaturated/α-hetero) is 1. The van der Waals surface area contributed by atoms with Gasteiger partial charge in [0.2, 0.25) is 0 Å². The number of hydrogen-bond donors (Lipinski definition) is 1. The molecule has 1 amide bonds. The van der Waals surface area contributed by atoms with Gasteiger partial charge in [-0.2, -0.15) is 0 Å². The van der Waals surface area contributed by atoms with E-state index in [0.717, 1.165) is 16.7 Å². The molecule has 0 bridgehead atoms. The SMILES string of the molecule is O=C(CC1N=C(c2ccc(O)cc2)c2cc(Cl)ccc2N(Cc2ccc(-c3ccccc3)cc2)C1=O)C1=NCC=C1[N+](=O)[O-]. The number of nitrogens with zero attached hydrogens (tertiary/aromatic N) is 4. The molecular weight excluding hydrogens is 580 g/mol. The summed E-state index contributed by atoms with van der Waals surface area (Å²) in [6.07, 6.45) is 0.853. The highest BCUT2D eigenvalue weighted by Gasteiger charge is 2.37. The zero-order chi connectivity index (χ0) is 30.8. The number of ketones is 1. The van der Waals surface area contributed by atoms with Crippen LogP contribution in [-0.2, 0) is 16.1 Å². The molecule has 218 valence electrons. The largest absolute Gasteiger partial charge is 0.508 e. The number of fused-ring (bicyclic) bond motifs is 1. The minimum atomic E-state index is -1.21. The first-order valence-corrected chi connectivity index (χ1v) is 14.2. The number of benzodiazepines with no additional fused rings is 1. The number of allylic oxidation sites excluding steroid dienone is 1. The Hall–Kier alpha value is -5.41. The summed E-state index contributed by atoms with van der Waals surface area (Å²) in [7, 11) is 0. The fourth-order valence-electron chi connectivity index (χ4n) is 5.34. The third kappa shape index (κ3) is 5.77. The van der Waals surface area contributed by atoms with E-state index in [4.69, 9.17) is 16.6 Å². The Morgan fingerprint density at radius 3 is 2.34 bits per heavy atom. The second-order valence-electron chi connectivity index (χ2n) is 10.4. The fraction of sp³-hybridized carbons (Fsp3) is 0.118. The molecule has 0 saturated heterocycles. The Labute approximate surface area is 257 Å². The Balaban J connectivity index is 1.42. The summed E-state index contributed by atoms with van der Waals surface area (Å²) in [5.74, 6) is -1.04. The van der Waals surface area contributed by atoms with Gasteiger partial charge >= 0.3 is 0 Å². The molecular formula is C34H25ClN4O5. The minimum absolute atomic E-state index is 0.0209. The number of aliphatic imine (C=N–C) groups is 2. The lowest BCUT2D eigenvalue weighted by Crippen LogP contribution is -2.39. The molecule has 4 aromatic carbocycles. The van der Waals surface area contributed by atoms with Crippen molar-refractivity contribution in [2.75, 3.05) is 11.4 Å². The molecule has 0 aromatic heterocycles. The van der Waals surface area contributed by atoms with Crippen molar-refractivity contribution in [2.24, 2.45) is 9.98 Å². The first kappa shape index (κ1) is 28.7. The molecule has 9 nitrogen and oxygen atoms in total. The van der Waals surface area contributed by atoms with Gasteiger partial charge < -0.3 is 10.0 Å². The van der Waals surface area contributed by atoms with Crippen molar-refractivity contribution >= 4 is 40.4 Å². The summed E-state index contributed by atoms with van der Waals surface area (Å²) < 4.78 is 0. The van der Waals surface area contributed by atoms with Crippen molar-refractivity contribution in [3.8, 4) is 16.9 Å². The van der Waals surface area contributed by atoms with Gasteiger partial charge in [-0.15, -0.1) is 0 Å². The quantitative estimate of drug-likeness (QED) is 0.194. The number of benzene rings is 4. The van der Waals surface area contributed by atoms with Crippen LogP contribution in [0, 0.1) is 10.1 Å². The summed E-state index contributed by atoms with van der Waals surface area (Å²) in [6, 6.07) is 28.0. The van der Waals surface area contributed by atoms with E-state index in [2.05, 4.69) is 4.99 Å². The Kier molecular flexibility index (Phi) is 7.87. The third-order valence-electron chi connectivity index (χ3n) is 7.50. The van der Waals surface area contributed by atoms with Crippen molar-refractivity contribution in [3.05, 3.63) is 141 Å². The molecule has 0 spiro atoms. The fourth-order valence-corrected chi connectivity index (χ4v) is 5.51. The summed E-state index contributed by atoms with van der Waals surface area (Å²) >= 11 is 6.44. The highest BCUT2D eigenvalue weighted by molar-refractivity contribution is 6.46. The topological polar surface area (TPSA) is 125 Å². The summed E-state index contributed by atoms with van der Waals surface area (Å²) in [5.41, 5.74) is 4.39. The molecule has 10 heteroatoms. The van der Waals surface area contributed by atoms with Gasteiger partial charge in [0.1, 0.15) is 11.8 Å². The third-order valence-corrected chi connectivity index (χ3v) is 7.73. The molecule has 0 radical (unpaired) electrons. The maximum Gasteiger partial charge on any atom is 0.295 e. The molecule has 1 atom stereocenters. The van der Waals surface area contributed by atoms with Gasteiger partial charge in [-0.25, -0.2) is 0 Å². The van der Waals surface area contributed by atoms with Gasteiger partial charge in [0.15, 0.2) is 11.5 Å². The van der Waals surface area contributed by atoms with Crippen LogP contribution in [0.5, 0.6) is 5.75 Å². The van der Waals surface area contributed by atoms with Crippen molar-refractivity contribution in [3.63, 3.8) is 0 Å². The van der Waals surface area contributed by atoms with Gasteiger partial charge in [-0.3, -0.25) is 29.7 Å². The van der Waals surface area contributed by atoms with Crippen LogP contribution in [0.1, 0.15) is 23.1 Å². The Bertz CT molecular complexity index is 1870. The normalized spacial score (nSPS) is 16.0. The maximum absolute atomic E-state index is 14.3. The number of anilines is 1. The van der Waals surface area contributed by atoms with E-state index in [9.17, 15) is 24.8 Å². The number of amides is 1. The van der Waals surface area contributed by atoms with Crippen LogP contribution in [0.25, 0.3) is 11.1 Å². The van der Waals surface area contributed by atoms with E-state index in [-0.39, 0.29) is 30.2 Å². The number of phenols is 1. The number of carbonyl (C=O) groups excluding carboxylic acids is 2. The number of rotatable bonds is 8. The average Bonchev–Trinajstić information content (AvgIpc) is 3.51. The van der Waals surface area contributed by atoms with E-state index < -0.39 is 29.1 Å². The summed E-state index contributed by atoms with van der Waals surface area (Å²) in [4.78, 5) is 48.9. The smallest absolute Gasteiger partial charge is 0.295 e. The lowest BCUT2D eigenvalue weighted by atomic mass is 9.99. The second kappa shape index (κ2) is 12.1. The van der Waals surface area contributed by atoms with Gasteiger partial charge in [-0.05, 0) is 59.2 Å². The van der Waals surface area contributed by atoms with Gasteiger partial charge in [-0.1, -0.05) is 66.2 Å². The predicted octanol–water partition coefficient (Wildman–Crippen LogP) is 6.04. The van der Waals surface area contributed by atoms with Crippen LogP contribution >= 0.6 is 11.6 Å². The number of hydrogen-bond acceptors (Lipinski definition) is 7. The number of aromatic hydroxyl groups is 1. The Morgan fingerprint density at radius 2 is 1.64 bits per heavy atom. The van der Waals surface area contributed by atoms with E-state index >= 15 is 0 Å². The highest BCUT2D eigenvalue weighted by Crippen LogP contribution is 2.34. The van der Waals surface area contributed by atoms with Crippen LogP contribution in [0.3, 0.4) is 0 Å². The summed E-state index contributed by atoms with van der Waals surface area (Å²) in [5, 5.41) is 21.8. The van der Waals surface area contributed by atoms with Gasteiger partial charge in [0.05, 0.1) is 29.4 Å². The molecule has 0 saturated carbocycles. The molecule has 1 N–H and O–H groups in total. The van der Waals surface area contributed by atoms with Crippen molar-refractivity contribution < 1.29 is 19.6 Å². The van der Waals surface area contributed by atoms with Crippen molar-refractivity contribution in [2.45, 2.75) is 19.0 Å². The lowest BCUT2D eigenvalue weighted by Gasteiger charge is -2.25. The van der Waals surface area contributed by atoms with Crippen LogP contribution in [-0.4, -0.2) is 45.7 Å². The second-order valence-corrected chi connectivity index (χ2v) is 10.8. The number of nitro groups is 1. The summed E-state index contributed by atoms with van der Waals surface area (Å²) in [6.45, 7) is 0.194. The van der Waals surface area contributed by atoms with Crippen LogP contribution in [0.15, 0.2) is 119 Å². The molecule has 44 heavy (non-hydrogen) atoms.